The van der Waals surface area contributed by atoms with E-state index >= 15 is 0 Å². The lowest BCUT2D eigenvalue weighted by Crippen LogP contribution is -2.15. The van der Waals surface area contributed by atoms with Crippen molar-refractivity contribution in [1.29, 1.82) is 0 Å². The maximum atomic E-state index is 6.43. The summed E-state index contributed by atoms with van der Waals surface area (Å²) in [6.07, 6.45) is 0. The van der Waals surface area contributed by atoms with Crippen molar-refractivity contribution < 1.29 is 9.47 Å². The van der Waals surface area contributed by atoms with E-state index in [0.29, 0.717) is 0 Å². The van der Waals surface area contributed by atoms with E-state index < -0.39 is 0 Å². The van der Waals surface area contributed by atoms with Crippen LogP contribution in [-0.4, -0.2) is 28.3 Å². The van der Waals surface area contributed by atoms with Crippen LogP contribution in [0.1, 0.15) is 17.2 Å². The number of anilines is 1. The molecule has 0 aliphatic rings. The molecule has 0 fully saturated rings. The SMILES string of the molecule is COc1ccc(OC)c(C(N)c2cccc(N(C)C)c2)c1. The van der Waals surface area contributed by atoms with Crippen molar-refractivity contribution in [2.75, 3.05) is 33.2 Å². The first-order valence-electron chi connectivity index (χ1n) is 6.81. The first-order chi connectivity index (χ1) is 10.1. The fraction of sp³-hybridized carbons (Fsp3) is 0.294. The predicted molar refractivity (Wildman–Crippen MR) is 86.3 cm³/mol. The number of methoxy groups -OCH3 is 2. The van der Waals surface area contributed by atoms with Gasteiger partial charge in [0.2, 0.25) is 0 Å². The zero-order valence-electron chi connectivity index (χ0n) is 13.0. The van der Waals surface area contributed by atoms with Crippen LogP contribution in [0.3, 0.4) is 0 Å². The van der Waals surface area contributed by atoms with Crippen LogP contribution in [0.25, 0.3) is 0 Å². The predicted octanol–water partition coefficient (Wildman–Crippen LogP) is 2.82. The molecule has 4 nitrogen and oxygen atoms in total. The molecule has 0 radical (unpaired) electrons. The Labute approximate surface area is 126 Å². The summed E-state index contributed by atoms with van der Waals surface area (Å²) in [5.41, 5.74) is 9.49. The Morgan fingerprint density at radius 3 is 2.38 bits per heavy atom. The average molecular weight is 286 g/mol. The lowest BCUT2D eigenvalue weighted by molar-refractivity contribution is 0.397. The average Bonchev–Trinajstić information content (AvgIpc) is 2.53. The Kier molecular flexibility index (Phi) is 4.70. The molecule has 1 atom stereocenters. The van der Waals surface area contributed by atoms with Crippen LogP contribution < -0.4 is 20.1 Å². The van der Waals surface area contributed by atoms with Crippen molar-refractivity contribution >= 4 is 5.69 Å². The smallest absolute Gasteiger partial charge is 0.124 e. The van der Waals surface area contributed by atoms with Gasteiger partial charge in [0.1, 0.15) is 11.5 Å². The minimum absolute atomic E-state index is 0.269. The molecule has 0 heterocycles. The topological polar surface area (TPSA) is 47.7 Å². The second kappa shape index (κ2) is 6.50. The minimum Gasteiger partial charge on any atom is -0.497 e. The van der Waals surface area contributed by atoms with Crippen molar-refractivity contribution in [3.8, 4) is 11.5 Å². The number of nitrogens with two attached hydrogens (primary N) is 1. The molecule has 0 saturated carbocycles. The maximum Gasteiger partial charge on any atom is 0.124 e. The lowest BCUT2D eigenvalue weighted by Gasteiger charge is -2.19. The molecule has 0 aliphatic carbocycles. The highest BCUT2D eigenvalue weighted by Crippen LogP contribution is 2.32. The van der Waals surface area contributed by atoms with Crippen molar-refractivity contribution in [2.24, 2.45) is 5.73 Å². The van der Waals surface area contributed by atoms with E-state index in [4.69, 9.17) is 15.2 Å². The molecule has 0 amide bonds. The molecule has 21 heavy (non-hydrogen) atoms. The van der Waals surface area contributed by atoms with Crippen molar-refractivity contribution in [2.45, 2.75) is 6.04 Å². The zero-order valence-corrected chi connectivity index (χ0v) is 13.0. The molecule has 2 aromatic rings. The largest absolute Gasteiger partial charge is 0.497 e. The Morgan fingerprint density at radius 1 is 1.00 bits per heavy atom. The van der Waals surface area contributed by atoms with Gasteiger partial charge in [-0.25, -0.2) is 0 Å². The van der Waals surface area contributed by atoms with E-state index in [1.807, 2.05) is 44.4 Å². The van der Waals surface area contributed by atoms with E-state index in [0.717, 1.165) is 28.3 Å². The first kappa shape index (κ1) is 15.2. The van der Waals surface area contributed by atoms with Crippen LogP contribution in [0, 0.1) is 0 Å². The van der Waals surface area contributed by atoms with Gasteiger partial charge in [0.15, 0.2) is 0 Å². The summed E-state index contributed by atoms with van der Waals surface area (Å²) in [6.45, 7) is 0. The highest BCUT2D eigenvalue weighted by molar-refractivity contribution is 5.51. The van der Waals surface area contributed by atoms with Gasteiger partial charge in [0.25, 0.3) is 0 Å². The minimum atomic E-state index is -0.269. The van der Waals surface area contributed by atoms with Crippen LogP contribution in [-0.2, 0) is 0 Å². The monoisotopic (exact) mass is 286 g/mol. The number of benzene rings is 2. The summed E-state index contributed by atoms with van der Waals surface area (Å²) in [5, 5.41) is 0. The van der Waals surface area contributed by atoms with Crippen molar-refractivity contribution in [3.05, 3.63) is 53.6 Å². The lowest BCUT2D eigenvalue weighted by atomic mass is 9.98. The molecule has 0 spiro atoms. The van der Waals surface area contributed by atoms with Crippen LogP contribution in [0.4, 0.5) is 5.69 Å². The van der Waals surface area contributed by atoms with E-state index in [2.05, 4.69) is 17.0 Å². The Bertz CT molecular complexity index is 611. The van der Waals surface area contributed by atoms with Gasteiger partial charge >= 0.3 is 0 Å². The van der Waals surface area contributed by atoms with Gasteiger partial charge < -0.3 is 20.1 Å². The Morgan fingerprint density at radius 2 is 1.76 bits per heavy atom. The summed E-state index contributed by atoms with van der Waals surface area (Å²) in [4.78, 5) is 2.05. The Balaban J connectivity index is 2.43. The number of hydrogen-bond donors (Lipinski definition) is 1. The molecule has 2 N–H and O–H groups in total. The molecule has 2 aromatic carbocycles. The third-order valence-corrected chi connectivity index (χ3v) is 3.52. The van der Waals surface area contributed by atoms with Gasteiger partial charge in [0, 0.05) is 25.3 Å². The summed E-state index contributed by atoms with van der Waals surface area (Å²) in [5.74, 6) is 1.53. The fourth-order valence-electron chi connectivity index (χ4n) is 2.26. The van der Waals surface area contributed by atoms with Crippen LogP contribution in [0.2, 0.25) is 0 Å². The van der Waals surface area contributed by atoms with E-state index in [1.165, 1.54) is 0 Å². The molecule has 0 saturated heterocycles. The normalized spacial score (nSPS) is 11.9. The zero-order chi connectivity index (χ0) is 15.4. The number of nitrogens with zero attached hydrogens (tertiary/aromatic N) is 1. The van der Waals surface area contributed by atoms with E-state index in [9.17, 15) is 0 Å². The van der Waals surface area contributed by atoms with Gasteiger partial charge in [-0.2, -0.15) is 0 Å². The standard InChI is InChI=1S/C17H22N2O2/c1-19(2)13-7-5-6-12(10-13)17(18)15-11-14(20-3)8-9-16(15)21-4/h5-11,17H,18H2,1-4H3. The molecule has 0 bridgehead atoms. The summed E-state index contributed by atoms with van der Waals surface area (Å²) < 4.78 is 10.7. The molecule has 4 heteroatoms. The quantitative estimate of drug-likeness (QED) is 0.918. The highest BCUT2D eigenvalue weighted by atomic mass is 16.5. The summed E-state index contributed by atoms with van der Waals surface area (Å²) in [6, 6.07) is 13.6. The van der Waals surface area contributed by atoms with Crippen LogP contribution in [0.5, 0.6) is 11.5 Å². The third kappa shape index (κ3) is 3.28. The number of hydrogen-bond acceptors (Lipinski definition) is 4. The number of rotatable bonds is 5. The van der Waals surface area contributed by atoms with Gasteiger partial charge in [-0.1, -0.05) is 12.1 Å². The third-order valence-electron chi connectivity index (χ3n) is 3.52. The van der Waals surface area contributed by atoms with Gasteiger partial charge in [-0.15, -0.1) is 0 Å². The molecule has 112 valence electrons. The molecular weight excluding hydrogens is 264 g/mol. The number of ether oxygens (including phenoxy) is 2. The fourth-order valence-corrected chi connectivity index (χ4v) is 2.26. The summed E-state index contributed by atoms with van der Waals surface area (Å²) >= 11 is 0. The van der Waals surface area contributed by atoms with Crippen LogP contribution >= 0.6 is 0 Å². The second-order valence-electron chi connectivity index (χ2n) is 5.07. The van der Waals surface area contributed by atoms with Gasteiger partial charge in [-0.3, -0.25) is 0 Å². The van der Waals surface area contributed by atoms with E-state index in [1.54, 1.807) is 14.2 Å². The highest BCUT2D eigenvalue weighted by Gasteiger charge is 2.16. The first-order valence-corrected chi connectivity index (χ1v) is 6.81. The van der Waals surface area contributed by atoms with E-state index in [-0.39, 0.29) is 6.04 Å². The van der Waals surface area contributed by atoms with Crippen molar-refractivity contribution in [1.82, 2.24) is 0 Å². The van der Waals surface area contributed by atoms with Gasteiger partial charge in [0.05, 0.1) is 20.3 Å². The summed E-state index contributed by atoms with van der Waals surface area (Å²) in [7, 11) is 7.31. The molecular formula is C17H22N2O2. The molecule has 1 unspecified atom stereocenters. The van der Waals surface area contributed by atoms with Gasteiger partial charge in [-0.05, 0) is 35.9 Å². The molecule has 0 aliphatic heterocycles. The Hall–Kier alpha value is -2.20. The molecule has 2 rings (SSSR count). The second-order valence-corrected chi connectivity index (χ2v) is 5.07. The van der Waals surface area contributed by atoms with Crippen molar-refractivity contribution in [3.63, 3.8) is 0 Å². The van der Waals surface area contributed by atoms with Crippen LogP contribution in [0.15, 0.2) is 42.5 Å². The molecule has 0 aromatic heterocycles. The maximum absolute atomic E-state index is 6.43.